The quantitative estimate of drug-likeness (QED) is 0.921. The van der Waals surface area contributed by atoms with E-state index in [-0.39, 0.29) is 12.0 Å². The van der Waals surface area contributed by atoms with Crippen molar-refractivity contribution in [1.29, 1.82) is 0 Å². The molecule has 19 heavy (non-hydrogen) atoms. The van der Waals surface area contributed by atoms with E-state index in [1.807, 2.05) is 11.8 Å². The maximum absolute atomic E-state index is 9.66. The van der Waals surface area contributed by atoms with Crippen molar-refractivity contribution in [3.05, 3.63) is 24.3 Å². The van der Waals surface area contributed by atoms with Crippen LogP contribution in [0, 0.1) is 5.41 Å². The number of nitrogens with zero attached hydrogens (tertiary/aromatic N) is 1. The minimum Gasteiger partial charge on any atom is -0.396 e. The Bertz CT molecular complexity index is 456. The molecule has 1 saturated heterocycles. The van der Waals surface area contributed by atoms with E-state index in [2.05, 4.69) is 43.0 Å². The molecule has 2 heterocycles. The molecule has 2 aliphatic heterocycles. The topological polar surface area (TPSA) is 32.7 Å². The van der Waals surface area contributed by atoms with E-state index in [0.717, 1.165) is 6.54 Å². The number of hydrogen-bond acceptors (Lipinski definition) is 4. The summed E-state index contributed by atoms with van der Waals surface area (Å²) in [5, 5.41) is 10.2. The second-order valence-corrected chi connectivity index (χ2v) is 7.23. The Morgan fingerprint density at radius 2 is 2.11 bits per heavy atom. The summed E-state index contributed by atoms with van der Waals surface area (Å²) in [5.74, 6) is 0. The number of thioether (sulfide) groups is 1. The van der Waals surface area contributed by atoms with Crippen LogP contribution in [-0.2, 0) is 4.74 Å². The smallest absolute Gasteiger partial charge is 0.0584 e. The highest BCUT2D eigenvalue weighted by Crippen LogP contribution is 2.43. The molecular weight excluding hydrogens is 258 g/mol. The lowest BCUT2D eigenvalue weighted by molar-refractivity contribution is -0.131. The van der Waals surface area contributed by atoms with Crippen LogP contribution in [0.25, 0.3) is 0 Å². The average Bonchev–Trinajstić information content (AvgIpc) is 2.38. The zero-order chi connectivity index (χ0) is 13.5. The Balaban J connectivity index is 1.90. The zero-order valence-electron chi connectivity index (χ0n) is 11.5. The first kappa shape index (κ1) is 13.3. The van der Waals surface area contributed by atoms with E-state index in [9.17, 15) is 5.11 Å². The van der Waals surface area contributed by atoms with E-state index in [1.54, 1.807) is 0 Å². The van der Waals surface area contributed by atoms with Gasteiger partial charge in [0.25, 0.3) is 0 Å². The Labute approximate surface area is 118 Å². The number of ether oxygens (including phenoxy) is 1. The number of rotatable bonds is 3. The van der Waals surface area contributed by atoms with Crippen molar-refractivity contribution in [3.8, 4) is 0 Å². The van der Waals surface area contributed by atoms with Gasteiger partial charge in [0.15, 0.2) is 0 Å². The van der Waals surface area contributed by atoms with Gasteiger partial charge in [0.2, 0.25) is 0 Å². The van der Waals surface area contributed by atoms with Crippen molar-refractivity contribution < 1.29 is 9.84 Å². The van der Waals surface area contributed by atoms with Crippen LogP contribution < -0.4 is 4.90 Å². The number of aliphatic hydroxyl groups is 1. The van der Waals surface area contributed by atoms with Gasteiger partial charge < -0.3 is 14.7 Å². The molecule has 1 N–H and O–H groups in total. The molecule has 0 saturated carbocycles. The van der Waals surface area contributed by atoms with E-state index < -0.39 is 0 Å². The van der Waals surface area contributed by atoms with Crippen LogP contribution in [0.2, 0.25) is 0 Å². The molecule has 0 radical (unpaired) electrons. The standard InChI is InChI=1S/C15H21NO2S/c1-11-12(2)19-14-6-4-3-5-13(14)16(11)7-15(8-17)9-18-10-15/h3-6,11-12,17H,7-10H2,1-2H3. The summed E-state index contributed by atoms with van der Waals surface area (Å²) in [7, 11) is 0. The number of para-hydroxylation sites is 1. The molecular formula is C15H21NO2S. The van der Waals surface area contributed by atoms with Gasteiger partial charge in [-0.1, -0.05) is 19.1 Å². The van der Waals surface area contributed by atoms with Gasteiger partial charge in [0, 0.05) is 22.7 Å². The lowest BCUT2D eigenvalue weighted by Gasteiger charge is -2.48. The number of hydrogen-bond donors (Lipinski definition) is 1. The molecule has 2 unspecified atom stereocenters. The van der Waals surface area contributed by atoms with E-state index >= 15 is 0 Å². The van der Waals surface area contributed by atoms with Gasteiger partial charge in [-0.25, -0.2) is 0 Å². The molecule has 3 nitrogen and oxygen atoms in total. The summed E-state index contributed by atoms with van der Waals surface area (Å²) in [6.45, 7) is 7.00. The predicted molar refractivity (Wildman–Crippen MR) is 78.9 cm³/mol. The molecule has 1 aromatic carbocycles. The molecule has 0 bridgehead atoms. The monoisotopic (exact) mass is 279 g/mol. The fraction of sp³-hybridized carbons (Fsp3) is 0.600. The van der Waals surface area contributed by atoms with Crippen molar-refractivity contribution in [3.63, 3.8) is 0 Å². The van der Waals surface area contributed by atoms with Crippen molar-refractivity contribution in [1.82, 2.24) is 0 Å². The summed E-state index contributed by atoms with van der Waals surface area (Å²) in [6, 6.07) is 9.05. The Kier molecular flexibility index (Phi) is 3.50. The van der Waals surface area contributed by atoms with Crippen molar-refractivity contribution in [2.75, 3.05) is 31.3 Å². The third-order valence-electron chi connectivity index (χ3n) is 4.32. The van der Waals surface area contributed by atoms with Crippen LogP contribution in [0.4, 0.5) is 5.69 Å². The van der Waals surface area contributed by atoms with Crippen molar-refractivity contribution in [2.45, 2.75) is 30.0 Å². The molecule has 0 spiro atoms. The zero-order valence-corrected chi connectivity index (χ0v) is 12.3. The van der Waals surface area contributed by atoms with Gasteiger partial charge in [-0.15, -0.1) is 11.8 Å². The molecule has 0 aromatic heterocycles. The molecule has 0 amide bonds. The second kappa shape index (κ2) is 5.00. The van der Waals surface area contributed by atoms with Crippen molar-refractivity contribution >= 4 is 17.4 Å². The summed E-state index contributed by atoms with van der Waals surface area (Å²) in [5.41, 5.74) is 1.24. The van der Waals surface area contributed by atoms with Gasteiger partial charge in [0.05, 0.1) is 30.9 Å². The molecule has 2 atom stereocenters. The minimum atomic E-state index is -0.0664. The SMILES string of the molecule is CC1Sc2ccccc2N(CC2(CO)COC2)C1C. The molecule has 0 aliphatic carbocycles. The van der Waals surface area contributed by atoms with Crippen LogP contribution in [0.3, 0.4) is 0 Å². The second-order valence-electron chi connectivity index (χ2n) is 5.81. The van der Waals surface area contributed by atoms with Gasteiger partial charge in [-0.2, -0.15) is 0 Å². The first-order valence-corrected chi connectivity index (χ1v) is 7.74. The highest BCUT2D eigenvalue weighted by atomic mass is 32.2. The predicted octanol–water partition coefficient (Wildman–Crippen LogP) is 2.38. The number of benzene rings is 1. The highest BCUT2D eigenvalue weighted by Gasteiger charge is 2.42. The summed E-state index contributed by atoms with van der Waals surface area (Å²) >= 11 is 1.95. The largest absolute Gasteiger partial charge is 0.396 e. The summed E-state index contributed by atoms with van der Waals surface area (Å²) < 4.78 is 5.33. The van der Waals surface area contributed by atoms with E-state index in [4.69, 9.17) is 4.74 Å². The first-order chi connectivity index (χ1) is 9.15. The van der Waals surface area contributed by atoms with Gasteiger partial charge in [0.1, 0.15) is 0 Å². The van der Waals surface area contributed by atoms with Crippen LogP contribution in [0.15, 0.2) is 29.2 Å². The summed E-state index contributed by atoms with van der Waals surface area (Å²) in [6.07, 6.45) is 0. The fourth-order valence-corrected chi connectivity index (χ4v) is 3.99. The Morgan fingerprint density at radius 3 is 2.74 bits per heavy atom. The Morgan fingerprint density at radius 1 is 1.37 bits per heavy atom. The Hall–Kier alpha value is -0.710. The van der Waals surface area contributed by atoms with Gasteiger partial charge in [-0.3, -0.25) is 0 Å². The van der Waals surface area contributed by atoms with E-state index in [0.29, 0.717) is 24.5 Å². The van der Waals surface area contributed by atoms with Crippen LogP contribution >= 0.6 is 11.8 Å². The first-order valence-electron chi connectivity index (χ1n) is 6.86. The molecule has 3 rings (SSSR count). The maximum atomic E-state index is 9.66. The third-order valence-corrected chi connectivity index (χ3v) is 5.68. The molecule has 2 aliphatic rings. The van der Waals surface area contributed by atoms with E-state index in [1.165, 1.54) is 10.6 Å². The molecule has 4 heteroatoms. The minimum absolute atomic E-state index is 0.0664. The third kappa shape index (κ3) is 2.26. The van der Waals surface area contributed by atoms with Crippen LogP contribution in [-0.4, -0.2) is 42.8 Å². The average molecular weight is 279 g/mol. The lowest BCUT2D eigenvalue weighted by Crippen LogP contribution is -2.57. The van der Waals surface area contributed by atoms with Crippen LogP contribution in [0.1, 0.15) is 13.8 Å². The number of aliphatic hydroxyl groups excluding tert-OH is 1. The maximum Gasteiger partial charge on any atom is 0.0584 e. The molecule has 104 valence electrons. The highest BCUT2D eigenvalue weighted by molar-refractivity contribution is 8.00. The fourth-order valence-electron chi connectivity index (χ4n) is 2.78. The lowest BCUT2D eigenvalue weighted by atomic mass is 9.85. The normalized spacial score (nSPS) is 28.7. The van der Waals surface area contributed by atoms with Gasteiger partial charge >= 0.3 is 0 Å². The molecule has 1 fully saturated rings. The number of anilines is 1. The summed E-state index contributed by atoms with van der Waals surface area (Å²) in [4.78, 5) is 3.80. The molecule has 1 aromatic rings. The van der Waals surface area contributed by atoms with Gasteiger partial charge in [-0.05, 0) is 19.1 Å². The number of fused-ring (bicyclic) bond motifs is 1. The van der Waals surface area contributed by atoms with Crippen molar-refractivity contribution in [2.24, 2.45) is 5.41 Å². The van der Waals surface area contributed by atoms with Crippen LogP contribution in [0.5, 0.6) is 0 Å².